The fourth-order valence-corrected chi connectivity index (χ4v) is 4.71. The molecule has 124 valence electrons. The maximum absolute atomic E-state index is 12.0. The van der Waals surface area contributed by atoms with Gasteiger partial charge in [-0.1, -0.05) is 72.1 Å². The smallest absolute Gasteiger partial charge is 0.230 e. The van der Waals surface area contributed by atoms with E-state index in [4.69, 9.17) is 0 Å². The van der Waals surface area contributed by atoms with Crippen LogP contribution in [-0.4, -0.2) is 33.7 Å². The molecule has 1 aromatic carbocycles. The molecule has 0 bridgehead atoms. The summed E-state index contributed by atoms with van der Waals surface area (Å²) in [5.74, 6) is 1.43. The summed E-state index contributed by atoms with van der Waals surface area (Å²) >= 11 is 4.68. The average Bonchev–Trinajstić information content (AvgIpc) is 3.00. The van der Waals surface area contributed by atoms with Crippen molar-refractivity contribution < 1.29 is 4.79 Å². The minimum atomic E-state index is 0.0513. The lowest BCUT2D eigenvalue weighted by molar-refractivity contribution is -0.119. The molecule has 7 heteroatoms. The van der Waals surface area contributed by atoms with E-state index >= 15 is 0 Å². The van der Waals surface area contributed by atoms with E-state index in [-0.39, 0.29) is 11.9 Å². The van der Waals surface area contributed by atoms with Crippen LogP contribution in [0.25, 0.3) is 0 Å². The first-order valence-corrected chi connectivity index (χ1v) is 10.4. The summed E-state index contributed by atoms with van der Waals surface area (Å²) < 4.78 is 1.82. The van der Waals surface area contributed by atoms with Gasteiger partial charge in [0.25, 0.3) is 0 Å². The second-order valence-corrected chi connectivity index (χ2v) is 8.76. The number of hydrogen-bond acceptors (Lipinski definition) is 6. The molecule has 2 rings (SSSR count). The highest BCUT2D eigenvalue weighted by Crippen LogP contribution is 2.28. The number of benzene rings is 1. The second-order valence-electron chi connectivity index (χ2n) is 5.05. The van der Waals surface area contributed by atoms with Crippen molar-refractivity contribution in [1.82, 2.24) is 15.5 Å². The molecule has 1 aromatic heterocycles. The van der Waals surface area contributed by atoms with Crippen molar-refractivity contribution >= 4 is 40.8 Å². The molecule has 1 unspecified atom stereocenters. The van der Waals surface area contributed by atoms with Gasteiger partial charge in [-0.2, -0.15) is 0 Å². The van der Waals surface area contributed by atoms with Crippen molar-refractivity contribution in [2.45, 2.75) is 41.4 Å². The first-order chi connectivity index (χ1) is 11.2. The fourth-order valence-electron chi connectivity index (χ4n) is 1.98. The zero-order chi connectivity index (χ0) is 16.5. The first kappa shape index (κ1) is 18.3. The Balaban J connectivity index is 1.67. The van der Waals surface area contributed by atoms with E-state index in [2.05, 4.69) is 34.6 Å². The normalized spacial score (nSPS) is 12.1. The van der Waals surface area contributed by atoms with Crippen molar-refractivity contribution in [3.8, 4) is 0 Å². The van der Waals surface area contributed by atoms with E-state index in [9.17, 15) is 4.79 Å². The monoisotopic (exact) mass is 367 g/mol. The second kappa shape index (κ2) is 9.95. The van der Waals surface area contributed by atoms with Gasteiger partial charge in [-0.15, -0.1) is 10.2 Å². The molecule has 0 fully saturated rings. The summed E-state index contributed by atoms with van der Waals surface area (Å²) in [4.78, 5) is 12.0. The molecular formula is C16H21N3OS3. The Labute approximate surface area is 149 Å². The predicted octanol–water partition coefficient (Wildman–Crippen LogP) is 3.88. The third-order valence-corrected chi connectivity index (χ3v) is 6.17. The van der Waals surface area contributed by atoms with Crippen LogP contribution in [0.3, 0.4) is 0 Å². The van der Waals surface area contributed by atoms with E-state index < -0.39 is 0 Å². The molecule has 1 amide bonds. The van der Waals surface area contributed by atoms with Gasteiger partial charge < -0.3 is 5.32 Å². The molecule has 2 aromatic rings. The molecular weight excluding hydrogens is 346 g/mol. The Morgan fingerprint density at radius 3 is 2.61 bits per heavy atom. The fraction of sp³-hybridized carbons (Fsp3) is 0.438. The Hall–Kier alpha value is -1.05. The maximum Gasteiger partial charge on any atom is 0.230 e. The first-order valence-electron chi connectivity index (χ1n) is 7.59. The molecule has 1 heterocycles. The third kappa shape index (κ3) is 6.93. The van der Waals surface area contributed by atoms with E-state index in [1.165, 1.54) is 17.3 Å². The van der Waals surface area contributed by atoms with Gasteiger partial charge in [-0.25, -0.2) is 0 Å². The third-order valence-electron chi connectivity index (χ3n) is 3.10. The maximum atomic E-state index is 12.0. The topological polar surface area (TPSA) is 54.9 Å². The number of aryl methyl sites for hydroxylation is 1. The lowest BCUT2D eigenvalue weighted by Crippen LogP contribution is -2.34. The minimum Gasteiger partial charge on any atom is -0.353 e. The lowest BCUT2D eigenvalue weighted by atomic mass is 10.1. The molecule has 0 aliphatic carbocycles. The highest BCUT2D eigenvalue weighted by atomic mass is 32.2. The average molecular weight is 368 g/mol. The minimum absolute atomic E-state index is 0.0513. The van der Waals surface area contributed by atoms with Crippen LogP contribution in [-0.2, 0) is 11.2 Å². The van der Waals surface area contributed by atoms with Crippen LogP contribution in [0.5, 0.6) is 0 Å². The highest BCUT2D eigenvalue weighted by molar-refractivity contribution is 8.03. The Morgan fingerprint density at radius 1 is 1.22 bits per heavy atom. The molecule has 0 aliphatic heterocycles. The SMILES string of the molecule is CCSc1nnc(SCC(=O)NC(C)CCc2ccccc2)s1. The van der Waals surface area contributed by atoms with Gasteiger partial charge in [0.15, 0.2) is 8.68 Å². The summed E-state index contributed by atoms with van der Waals surface area (Å²) in [6.07, 6.45) is 1.92. The van der Waals surface area contributed by atoms with Gasteiger partial charge in [0, 0.05) is 6.04 Å². The number of aromatic nitrogens is 2. The van der Waals surface area contributed by atoms with Gasteiger partial charge in [0.05, 0.1) is 5.75 Å². The number of carbonyl (C=O) groups is 1. The lowest BCUT2D eigenvalue weighted by Gasteiger charge is -2.13. The molecule has 4 nitrogen and oxygen atoms in total. The number of nitrogens with one attached hydrogen (secondary N) is 1. The Morgan fingerprint density at radius 2 is 1.91 bits per heavy atom. The number of carbonyl (C=O) groups excluding carboxylic acids is 1. The predicted molar refractivity (Wildman–Crippen MR) is 99.4 cm³/mol. The van der Waals surface area contributed by atoms with Crippen molar-refractivity contribution in [2.75, 3.05) is 11.5 Å². The van der Waals surface area contributed by atoms with E-state index in [1.807, 2.05) is 25.1 Å². The molecule has 23 heavy (non-hydrogen) atoms. The van der Waals surface area contributed by atoms with Crippen LogP contribution in [0.4, 0.5) is 0 Å². The largest absolute Gasteiger partial charge is 0.353 e. The Bertz CT molecular complexity index is 604. The molecule has 0 radical (unpaired) electrons. The molecule has 0 aliphatic rings. The zero-order valence-corrected chi connectivity index (χ0v) is 15.8. The number of hydrogen-bond donors (Lipinski definition) is 1. The Kier molecular flexibility index (Phi) is 7.91. The standard InChI is InChI=1S/C16H21N3OS3/c1-3-21-15-18-19-16(23-15)22-11-14(20)17-12(2)9-10-13-7-5-4-6-8-13/h4-8,12H,3,9-11H2,1-2H3,(H,17,20). The number of amides is 1. The number of rotatable bonds is 9. The molecule has 1 N–H and O–H groups in total. The summed E-state index contributed by atoms with van der Waals surface area (Å²) in [5, 5.41) is 11.2. The molecule has 0 saturated heterocycles. The summed E-state index contributed by atoms with van der Waals surface area (Å²) in [6, 6.07) is 10.5. The van der Waals surface area contributed by atoms with Crippen molar-refractivity contribution in [1.29, 1.82) is 0 Å². The number of nitrogens with zero attached hydrogens (tertiary/aromatic N) is 2. The van der Waals surface area contributed by atoms with Crippen LogP contribution in [0.2, 0.25) is 0 Å². The van der Waals surface area contributed by atoms with E-state index in [0.29, 0.717) is 5.75 Å². The van der Waals surface area contributed by atoms with Gasteiger partial charge in [-0.05, 0) is 31.1 Å². The summed E-state index contributed by atoms with van der Waals surface area (Å²) in [6.45, 7) is 4.13. The van der Waals surface area contributed by atoms with E-state index in [1.54, 1.807) is 23.1 Å². The van der Waals surface area contributed by atoms with Gasteiger partial charge in [0.1, 0.15) is 0 Å². The van der Waals surface area contributed by atoms with Crippen LogP contribution >= 0.6 is 34.9 Å². The highest BCUT2D eigenvalue weighted by Gasteiger charge is 2.10. The number of thioether (sulfide) groups is 2. The van der Waals surface area contributed by atoms with Gasteiger partial charge in [-0.3, -0.25) is 4.79 Å². The molecule has 1 atom stereocenters. The zero-order valence-electron chi connectivity index (χ0n) is 13.3. The van der Waals surface area contributed by atoms with Crippen LogP contribution in [0.1, 0.15) is 25.8 Å². The van der Waals surface area contributed by atoms with Crippen LogP contribution in [0.15, 0.2) is 39.0 Å². The van der Waals surface area contributed by atoms with Crippen molar-refractivity contribution in [2.24, 2.45) is 0 Å². The van der Waals surface area contributed by atoms with Crippen LogP contribution in [0, 0.1) is 0 Å². The quantitative estimate of drug-likeness (QED) is 0.682. The van der Waals surface area contributed by atoms with Crippen LogP contribution < -0.4 is 5.32 Å². The van der Waals surface area contributed by atoms with Gasteiger partial charge in [0.2, 0.25) is 5.91 Å². The molecule has 0 spiro atoms. The van der Waals surface area contributed by atoms with Crippen molar-refractivity contribution in [3.63, 3.8) is 0 Å². The van der Waals surface area contributed by atoms with Gasteiger partial charge >= 0.3 is 0 Å². The van der Waals surface area contributed by atoms with E-state index in [0.717, 1.165) is 27.3 Å². The molecule has 0 saturated carbocycles. The summed E-state index contributed by atoms with van der Waals surface area (Å²) in [7, 11) is 0. The van der Waals surface area contributed by atoms with Crippen molar-refractivity contribution in [3.05, 3.63) is 35.9 Å². The summed E-state index contributed by atoms with van der Waals surface area (Å²) in [5.41, 5.74) is 1.30.